The van der Waals surface area contributed by atoms with Crippen molar-refractivity contribution < 1.29 is 4.74 Å². The number of likely N-dealkylation sites (tertiary alicyclic amines) is 1. The van der Waals surface area contributed by atoms with E-state index in [4.69, 9.17) is 10.5 Å². The number of ether oxygens (including phenoxy) is 1. The molecule has 0 unspecified atom stereocenters. The Morgan fingerprint density at radius 3 is 2.79 bits per heavy atom. The van der Waals surface area contributed by atoms with Gasteiger partial charge in [0.2, 0.25) is 0 Å². The molecule has 1 saturated heterocycles. The fourth-order valence-corrected chi connectivity index (χ4v) is 3.10. The van der Waals surface area contributed by atoms with Crippen molar-refractivity contribution in [3.8, 4) is 5.75 Å². The van der Waals surface area contributed by atoms with E-state index in [-0.39, 0.29) is 0 Å². The standard InChI is InChI=1S/C15H23N3O/c1-17-6-4-13(5-7-17)18-8-9-19-15-10-12(11-16)2-3-14(15)18/h2-3,10,13H,4-9,11,16H2,1H3. The fourth-order valence-electron chi connectivity index (χ4n) is 3.10. The summed E-state index contributed by atoms with van der Waals surface area (Å²) in [5, 5.41) is 0. The molecule has 1 fully saturated rings. The summed E-state index contributed by atoms with van der Waals surface area (Å²) >= 11 is 0. The van der Waals surface area contributed by atoms with E-state index in [0.29, 0.717) is 12.6 Å². The minimum absolute atomic E-state index is 0.574. The number of rotatable bonds is 2. The first-order chi connectivity index (χ1) is 9.28. The minimum atomic E-state index is 0.574. The molecule has 1 aromatic rings. The Morgan fingerprint density at radius 2 is 2.05 bits per heavy atom. The average Bonchev–Trinajstić information content (AvgIpc) is 2.47. The van der Waals surface area contributed by atoms with E-state index in [2.05, 4.69) is 35.0 Å². The van der Waals surface area contributed by atoms with Gasteiger partial charge >= 0.3 is 0 Å². The zero-order chi connectivity index (χ0) is 13.2. The Hall–Kier alpha value is -1.26. The molecule has 3 rings (SSSR count). The minimum Gasteiger partial charge on any atom is -0.490 e. The van der Waals surface area contributed by atoms with Gasteiger partial charge in [-0.2, -0.15) is 0 Å². The lowest BCUT2D eigenvalue weighted by atomic mass is 10.0. The lowest BCUT2D eigenvalue weighted by Crippen LogP contribution is -2.46. The van der Waals surface area contributed by atoms with Crippen molar-refractivity contribution in [1.82, 2.24) is 4.90 Å². The Labute approximate surface area is 115 Å². The summed E-state index contributed by atoms with van der Waals surface area (Å²) in [5.41, 5.74) is 8.09. The maximum atomic E-state index is 5.80. The summed E-state index contributed by atoms with van der Waals surface area (Å²) in [6.45, 7) is 4.75. The first-order valence-electron chi connectivity index (χ1n) is 7.19. The zero-order valence-electron chi connectivity index (χ0n) is 11.6. The van der Waals surface area contributed by atoms with Gasteiger partial charge in [0.1, 0.15) is 12.4 Å². The topological polar surface area (TPSA) is 41.7 Å². The second-order valence-corrected chi connectivity index (χ2v) is 5.58. The molecular formula is C15H23N3O. The average molecular weight is 261 g/mol. The molecule has 2 aliphatic rings. The van der Waals surface area contributed by atoms with E-state index in [1.165, 1.54) is 31.6 Å². The third-order valence-electron chi connectivity index (χ3n) is 4.29. The highest BCUT2D eigenvalue weighted by Gasteiger charge is 2.27. The molecule has 0 amide bonds. The summed E-state index contributed by atoms with van der Waals surface area (Å²) in [7, 11) is 2.21. The summed E-state index contributed by atoms with van der Waals surface area (Å²) in [4.78, 5) is 4.95. The van der Waals surface area contributed by atoms with Crippen LogP contribution in [0.4, 0.5) is 5.69 Å². The van der Waals surface area contributed by atoms with Gasteiger partial charge in [-0.15, -0.1) is 0 Å². The van der Waals surface area contributed by atoms with Gasteiger partial charge < -0.3 is 20.3 Å². The molecule has 0 aromatic heterocycles. The number of nitrogens with two attached hydrogens (primary N) is 1. The molecule has 1 aromatic carbocycles. The number of benzene rings is 1. The van der Waals surface area contributed by atoms with E-state index in [1.807, 2.05) is 0 Å². The van der Waals surface area contributed by atoms with Crippen LogP contribution in [0.3, 0.4) is 0 Å². The van der Waals surface area contributed by atoms with E-state index in [9.17, 15) is 0 Å². The van der Waals surface area contributed by atoms with E-state index < -0.39 is 0 Å². The second-order valence-electron chi connectivity index (χ2n) is 5.58. The lowest BCUT2D eigenvalue weighted by molar-refractivity contribution is 0.234. The number of hydrogen-bond acceptors (Lipinski definition) is 4. The first kappa shape index (κ1) is 12.8. The van der Waals surface area contributed by atoms with Crippen LogP contribution in [0.25, 0.3) is 0 Å². The van der Waals surface area contributed by atoms with Crippen LogP contribution in [0, 0.1) is 0 Å². The number of piperidine rings is 1. The maximum absolute atomic E-state index is 5.80. The van der Waals surface area contributed by atoms with Gasteiger partial charge in [-0.1, -0.05) is 6.07 Å². The molecule has 2 N–H and O–H groups in total. The SMILES string of the molecule is CN1CCC(N2CCOc3cc(CN)ccc32)CC1. The molecule has 2 aliphatic heterocycles. The van der Waals surface area contributed by atoms with Crippen molar-refractivity contribution in [1.29, 1.82) is 0 Å². The van der Waals surface area contributed by atoms with Crippen LogP contribution >= 0.6 is 0 Å². The van der Waals surface area contributed by atoms with Crippen LogP contribution in [-0.4, -0.2) is 44.2 Å². The molecule has 0 atom stereocenters. The van der Waals surface area contributed by atoms with Gasteiger partial charge in [-0.05, 0) is 50.7 Å². The maximum Gasteiger partial charge on any atom is 0.143 e. The normalized spacial score (nSPS) is 21.1. The van der Waals surface area contributed by atoms with Crippen molar-refractivity contribution in [3.63, 3.8) is 0 Å². The Bertz CT molecular complexity index is 441. The fraction of sp³-hybridized carbons (Fsp3) is 0.600. The lowest BCUT2D eigenvalue weighted by Gasteiger charge is -2.41. The van der Waals surface area contributed by atoms with E-state index in [1.54, 1.807) is 0 Å². The molecule has 0 spiro atoms. The Morgan fingerprint density at radius 1 is 1.26 bits per heavy atom. The molecule has 0 radical (unpaired) electrons. The number of anilines is 1. The monoisotopic (exact) mass is 261 g/mol. The van der Waals surface area contributed by atoms with Crippen molar-refractivity contribution in [2.24, 2.45) is 5.73 Å². The predicted octanol–water partition coefficient (Wildman–Crippen LogP) is 1.44. The highest BCUT2D eigenvalue weighted by Crippen LogP contribution is 2.35. The van der Waals surface area contributed by atoms with Crippen LogP contribution in [0.15, 0.2) is 18.2 Å². The van der Waals surface area contributed by atoms with Gasteiger partial charge in [0.25, 0.3) is 0 Å². The van der Waals surface area contributed by atoms with Crippen LogP contribution in [-0.2, 0) is 6.54 Å². The predicted molar refractivity (Wildman–Crippen MR) is 77.7 cm³/mol. The van der Waals surface area contributed by atoms with Crippen LogP contribution in [0.5, 0.6) is 5.75 Å². The van der Waals surface area contributed by atoms with Gasteiger partial charge in [-0.25, -0.2) is 0 Å². The van der Waals surface area contributed by atoms with Crippen molar-refractivity contribution in [3.05, 3.63) is 23.8 Å². The van der Waals surface area contributed by atoms with Crippen LogP contribution in [0.1, 0.15) is 18.4 Å². The zero-order valence-corrected chi connectivity index (χ0v) is 11.6. The summed E-state index contributed by atoms with van der Waals surface area (Å²) in [6.07, 6.45) is 2.49. The number of hydrogen-bond donors (Lipinski definition) is 1. The smallest absolute Gasteiger partial charge is 0.143 e. The van der Waals surface area contributed by atoms with E-state index in [0.717, 1.165) is 24.5 Å². The third-order valence-corrected chi connectivity index (χ3v) is 4.29. The molecule has 0 bridgehead atoms. The van der Waals surface area contributed by atoms with Crippen LogP contribution < -0.4 is 15.4 Å². The molecule has 0 aliphatic carbocycles. The second kappa shape index (κ2) is 5.39. The molecule has 19 heavy (non-hydrogen) atoms. The van der Waals surface area contributed by atoms with Crippen LogP contribution in [0.2, 0.25) is 0 Å². The van der Waals surface area contributed by atoms with Gasteiger partial charge in [0.05, 0.1) is 12.2 Å². The summed E-state index contributed by atoms with van der Waals surface area (Å²) < 4.78 is 5.80. The molecule has 104 valence electrons. The number of nitrogens with zero attached hydrogens (tertiary/aromatic N) is 2. The van der Waals surface area contributed by atoms with Gasteiger partial charge in [0.15, 0.2) is 0 Å². The van der Waals surface area contributed by atoms with E-state index >= 15 is 0 Å². The van der Waals surface area contributed by atoms with Gasteiger partial charge in [0, 0.05) is 12.6 Å². The Balaban J connectivity index is 1.82. The van der Waals surface area contributed by atoms with Crippen molar-refractivity contribution in [2.75, 3.05) is 38.2 Å². The summed E-state index contributed by atoms with van der Waals surface area (Å²) in [5.74, 6) is 1.01. The molecule has 4 nitrogen and oxygen atoms in total. The molecule has 4 heteroatoms. The van der Waals surface area contributed by atoms with Crippen molar-refractivity contribution >= 4 is 5.69 Å². The van der Waals surface area contributed by atoms with Gasteiger partial charge in [-0.3, -0.25) is 0 Å². The highest BCUT2D eigenvalue weighted by molar-refractivity contribution is 5.61. The first-order valence-corrected chi connectivity index (χ1v) is 7.19. The summed E-state index contributed by atoms with van der Waals surface area (Å²) in [6, 6.07) is 7.04. The van der Waals surface area contributed by atoms with Crippen molar-refractivity contribution in [2.45, 2.75) is 25.4 Å². The Kier molecular flexibility index (Phi) is 3.62. The highest BCUT2D eigenvalue weighted by atomic mass is 16.5. The third kappa shape index (κ3) is 2.55. The number of fused-ring (bicyclic) bond motifs is 1. The molecular weight excluding hydrogens is 238 g/mol. The molecule has 2 heterocycles. The largest absolute Gasteiger partial charge is 0.490 e. The molecule has 0 saturated carbocycles. The quantitative estimate of drug-likeness (QED) is 0.874.